The highest BCUT2D eigenvalue weighted by molar-refractivity contribution is 9.10. The molecule has 3 nitrogen and oxygen atoms in total. The molecule has 0 heterocycles. The number of phenolic OH excluding ortho intramolecular Hbond substituents is 1. The van der Waals surface area contributed by atoms with Crippen molar-refractivity contribution in [3.8, 4) is 5.75 Å². The van der Waals surface area contributed by atoms with Crippen molar-refractivity contribution in [1.82, 2.24) is 0 Å². The molecule has 0 aromatic heterocycles. The molecule has 1 atom stereocenters. The molecule has 0 aliphatic carbocycles. The van der Waals surface area contributed by atoms with Crippen molar-refractivity contribution >= 4 is 28.3 Å². The van der Waals surface area contributed by atoms with Crippen molar-refractivity contribution in [3.05, 3.63) is 27.7 Å². The Balaban J connectivity index is 0.00000361. The number of phenols is 1. The number of rotatable bonds is 3. The SMILES string of the molecule is Cl.N[C@H](c1cc(Br)cc(C(F)(F)F)c1O)C(F)(F)CO. The Bertz CT molecular complexity index is 483. The van der Waals surface area contributed by atoms with Crippen LogP contribution >= 0.6 is 28.3 Å². The summed E-state index contributed by atoms with van der Waals surface area (Å²) in [4.78, 5) is 0. The molecule has 0 spiro atoms. The summed E-state index contributed by atoms with van der Waals surface area (Å²) in [6.45, 7) is -1.65. The van der Waals surface area contributed by atoms with E-state index < -0.39 is 41.6 Å². The summed E-state index contributed by atoms with van der Waals surface area (Å²) in [5.74, 6) is -5.24. The van der Waals surface area contributed by atoms with Gasteiger partial charge in [0.15, 0.2) is 0 Å². The summed E-state index contributed by atoms with van der Waals surface area (Å²) < 4.78 is 64.0. The molecule has 0 bridgehead atoms. The minimum Gasteiger partial charge on any atom is -0.507 e. The second-order valence-electron chi connectivity index (χ2n) is 3.79. The topological polar surface area (TPSA) is 66.5 Å². The fourth-order valence-corrected chi connectivity index (χ4v) is 1.87. The van der Waals surface area contributed by atoms with Crippen molar-refractivity contribution < 1.29 is 32.2 Å². The first-order chi connectivity index (χ1) is 8.50. The van der Waals surface area contributed by atoms with E-state index in [2.05, 4.69) is 15.9 Å². The van der Waals surface area contributed by atoms with Crippen molar-refractivity contribution in [3.63, 3.8) is 0 Å². The Morgan fingerprint density at radius 2 is 1.70 bits per heavy atom. The number of benzene rings is 1. The van der Waals surface area contributed by atoms with E-state index in [9.17, 15) is 27.1 Å². The van der Waals surface area contributed by atoms with E-state index in [0.29, 0.717) is 6.07 Å². The van der Waals surface area contributed by atoms with E-state index in [-0.39, 0.29) is 16.9 Å². The molecule has 0 radical (unpaired) electrons. The third-order valence-corrected chi connectivity index (χ3v) is 2.87. The molecule has 10 heteroatoms. The van der Waals surface area contributed by atoms with Gasteiger partial charge in [-0.2, -0.15) is 13.2 Å². The lowest BCUT2D eigenvalue weighted by Crippen LogP contribution is -2.36. The Kier molecular flexibility index (Phi) is 6.21. The second-order valence-corrected chi connectivity index (χ2v) is 4.70. The van der Waals surface area contributed by atoms with Crippen LogP contribution in [0.5, 0.6) is 5.75 Å². The van der Waals surface area contributed by atoms with Gasteiger partial charge in [0, 0.05) is 10.0 Å². The van der Waals surface area contributed by atoms with Gasteiger partial charge in [0.1, 0.15) is 18.4 Å². The number of halogens is 7. The van der Waals surface area contributed by atoms with Gasteiger partial charge in [0.2, 0.25) is 0 Å². The van der Waals surface area contributed by atoms with Gasteiger partial charge in [0.25, 0.3) is 5.92 Å². The first-order valence-corrected chi connectivity index (χ1v) is 5.64. The number of nitrogens with two attached hydrogens (primary N) is 1. The van der Waals surface area contributed by atoms with Gasteiger partial charge in [-0.3, -0.25) is 0 Å². The van der Waals surface area contributed by atoms with Gasteiger partial charge in [-0.05, 0) is 12.1 Å². The molecule has 4 N–H and O–H groups in total. The standard InChI is InChI=1S/C10H9BrF5NO2.ClH/c11-4-1-5(8(17)9(12,13)3-18)7(19)6(2-4)10(14,15)16;/h1-2,8,18-19H,3,17H2;1H/t8-;/m1./s1. The Labute approximate surface area is 125 Å². The molecule has 1 aromatic rings. The first kappa shape index (κ1) is 19.4. The number of hydrogen-bond acceptors (Lipinski definition) is 3. The maximum absolute atomic E-state index is 13.2. The fraction of sp³-hybridized carbons (Fsp3) is 0.400. The molecule has 0 saturated carbocycles. The van der Waals surface area contributed by atoms with E-state index in [0.717, 1.165) is 6.07 Å². The molecule has 0 aliphatic rings. The molecule has 0 aliphatic heterocycles. The van der Waals surface area contributed by atoms with Gasteiger partial charge in [-0.15, -0.1) is 12.4 Å². The fourth-order valence-electron chi connectivity index (χ4n) is 1.40. The van der Waals surface area contributed by atoms with E-state index in [1.54, 1.807) is 0 Å². The smallest absolute Gasteiger partial charge is 0.420 e. The van der Waals surface area contributed by atoms with E-state index >= 15 is 0 Å². The van der Waals surface area contributed by atoms with Crippen molar-refractivity contribution in [2.75, 3.05) is 6.61 Å². The van der Waals surface area contributed by atoms with Gasteiger partial charge < -0.3 is 15.9 Å². The lowest BCUT2D eigenvalue weighted by molar-refractivity contribution is -0.139. The van der Waals surface area contributed by atoms with Gasteiger partial charge in [-0.25, -0.2) is 8.78 Å². The molecule has 0 fully saturated rings. The molecule has 0 unspecified atom stereocenters. The van der Waals surface area contributed by atoms with Crippen LogP contribution in [0.3, 0.4) is 0 Å². The average Bonchev–Trinajstić information content (AvgIpc) is 2.29. The number of aromatic hydroxyl groups is 1. The van der Waals surface area contributed by atoms with Gasteiger partial charge >= 0.3 is 6.18 Å². The normalized spacial score (nSPS) is 13.8. The van der Waals surface area contributed by atoms with Crippen LogP contribution in [0.1, 0.15) is 17.2 Å². The number of alkyl halides is 5. The van der Waals surface area contributed by atoms with Crippen LogP contribution in [-0.2, 0) is 6.18 Å². The Hall–Kier alpha value is -0.640. The third-order valence-electron chi connectivity index (χ3n) is 2.41. The minimum absolute atomic E-state index is 0. The van der Waals surface area contributed by atoms with Crippen molar-refractivity contribution in [1.29, 1.82) is 0 Å². The van der Waals surface area contributed by atoms with Crippen LogP contribution in [0.2, 0.25) is 0 Å². The largest absolute Gasteiger partial charge is 0.507 e. The highest BCUT2D eigenvalue weighted by Crippen LogP contribution is 2.43. The van der Waals surface area contributed by atoms with Crippen LogP contribution in [-0.4, -0.2) is 22.7 Å². The predicted molar refractivity (Wildman–Crippen MR) is 67.0 cm³/mol. The zero-order valence-corrected chi connectivity index (χ0v) is 12.0. The highest BCUT2D eigenvalue weighted by Gasteiger charge is 2.42. The van der Waals surface area contributed by atoms with Gasteiger partial charge in [0.05, 0.1) is 5.56 Å². The quantitative estimate of drug-likeness (QED) is 0.699. The number of aliphatic hydroxyl groups excluding tert-OH is 1. The predicted octanol–water partition coefficient (Wildman–Crippen LogP) is 3.22. The maximum Gasteiger partial charge on any atom is 0.420 e. The van der Waals surface area contributed by atoms with Crippen LogP contribution < -0.4 is 5.73 Å². The lowest BCUT2D eigenvalue weighted by atomic mass is 9.98. The monoisotopic (exact) mass is 385 g/mol. The minimum atomic E-state index is -4.92. The number of aliphatic hydroxyl groups is 1. The summed E-state index contributed by atoms with van der Waals surface area (Å²) in [6, 6.07) is -0.877. The summed E-state index contributed by atoms with van der Waals surface area (Å²) in [7, 11) is 0. The second kappa shape index (κ2) is 6.42. The van der Waals surface area contributed by atoms with Crippen molar-refractivity contribution in [2.24, 2.45) is 5.73 Å². The molecule has 0 amide bonds. The summed E-state index contributed by atoms with van der Waals surface area (Å²) in [5.41, 5.74) is 2.82. The van der Waals surface area contributed by atoms with Crippen LogP contribution in [0.15, 0.2) is 16.6 Å². The third kappa shape index (κ3) is 3.94. The zero-order chi connectivity index (χ0) is 15.0. The summed E-state index contributed by atoms with van der Waals surface area (Å²) in [6.07, 6.45) is -4.92. The van der Waals surface area contributed by atoms with Crippen LogP contribution in [0.4, 0.5) is 22.0 Å². The van der Waals surface area contributed by atoms with Crippen LogP contribution in [0.25, 0.3) is 0 Å². The van der Waals surface area contributed by atoms with E-state index in [4.69, 9.17) is 10.8 Å². The molecular formula is C10H10BrClF5NO2. The molecule has 1 aromatic carbocycles. The Morgan fingerprint density at radius 1 is 1.20 bits per heavy atom. The van der Waals surface area contributed by atoms with E-state index in [1.165, 1.54) is 0 Å². The summed E-state index contributed by atoms with van der Waals surface area (Å²) >= 11 is 2.72. The van der Waals surface area contributed by atoms with Crippen LogP contribution in [0, 0.1) is 0 Å². The zero-order valence-electron chi connectivity index (χ0n) is 9.59. The van der Waals surface area contributed by atoms with E-state index in [1.807, 2.05) is 0 Å². The van der Waals surface area contributed by atoms with Gasteiger partial charge in [-0.1, -0.05) is 15.9 Å². The lowest BCUT2D eigenvalue weighted by Gasteiger charge is -2.24. The first-order valence-electron chi connectivity index (χ1n) is 4.84. The maximum atomic E-state index is 13.2. The van der Waals surface area contributed by atoms with Crippen molar-refractivity contribution in [2.45, 2.75) is 18.1 Å². The summed E-state index contributed by atoms with van der Waals surface area (Å²) in [5, 5.41) is 17.9. The molecule has 0 saturated heterocycles. The molecule has 20 heavy (non-hydrogen) atoms. The Morgan fingerprint density at radius 3 is 2.10 bits per heavy atom. The molecule has 1 rings (SSSR count). The number of hydrogen-bond donors (Lipinski definition) is 3. The highest BCUT2D eigenvalue weighted by atomic mass is 79.9. The molecule has 116 valence electrons. The molecular weight excluding hydrogens is 376 g/mol. The average molecular weight is 387 g/mol.